The number of pyridine rings is 1. The second-order valence-corrected chi connectivity index (χ2v) is 7.28. The van der Waals surface area contributed by atoms with Gasteiger partial charge in [0.1, 0.15) is 5.82 Å². The quantitative estimate of drug-likeness (QED) is 0.439. The Kier molecular flexibility index (Phi) is 5.45. The van der Waals surface area contributed by atoms with E-state index in [-0.39, 0.29) is 5.91 Å². The molecule has 0 aliphatic rings. The fourth-order valence-corrected chi connectivity index (χ4v) is 3.42. The summed E-state index contributed by atoms with van der Waals surface area (Å²) >= 11 is 6.15. The highest BCUT2D eigenvalue weighted by Gasteiger charge is 2.10. The molecule has 1 heterocycles. The molecule has 2 N–H and O–H groups in total. The van der Waals surface area contributed by atoms with Crippen LogP contribution in [-0.4, -0.2) is 10.9 Å². The number of aryl methyl sites for hydroxylation is 1. The maximum atomic E-state index is 12.6. The minimum atomic E-state index is -0.0898. The maximum Gasteiger partial charge on any atom is 0.251 e. The molecule has 0 saturated heterocycles. The topological polar surface area (TPSA) is 54.0 Å². The zero-order chi connectivity index (χ0) is 20.2. The summed E-state index contributed by atoms with van der Waals surface area (Å²) in [7, 11) is 0. The van der Waals surface area contributed by atoms with Crippen LogP contribution in [0, 0.1) is 6.92 Å². The third-order valence-corrected chi connectivity index (χ3v) is 4.99. The van der Waals surface area contributed by atoms with Crippen molar-refractivity contribution in [2.24, 2.45) is 0 Å². The predicted octanol–water partition coefficient (Wildman–Crippen LogP) is 5.87. The van der Waals surface area contributed by atoms with Crippen LogP contribution in [0.3, 0.4) is 0 Å². The molecule has 0 atom stereocenters. The average molecular weight is 402 g/mol. The minimum absolute atomic E-state index is 0.0898. The average Bonchev–Trinajstić information content (AvgIpc) is 2.73. The zero-order valence-electron chi connectivity index (χ0n) is 15.9. The fraction of sp³-hybridized carbons (Fsp3) is 0.0833. The first-order valence-electron chi connectivity index (χ1n) is 9.34. The molecular formula is C24H20ClN3O. The van der Waals surface area contributed by atoms with Crippen molar-refractivity contribution in [1.82, 2.24) is 10.3 Å². The van der Waals surface area contributed by atoms with E-state index in [1.54, 1.807) is 6.20 Å². The van der Waals surface area contributed by atoms with Gasteiger partial charge in [0.25, 0.3) is 5.91 Å². The van der Waals surface area contributed by atoms with Crippen LogP contribution in [0.15, 0.2) is 79.0 Å². The highest BCUT2D eigenvalue weighted by Crippen LogP contribution is 2.27. The van der Waals surface area contributed by atoms with E-state index < -0.39 is 0 Å². The second kappa shape index (κ2) is 8.33. The van der Waals surface area contributed by atoms with Crippen LogP contribution in [0.2, 0.25) is 5.02 Å². The Hall–Kier alpha value is -3.37. The van der Waals surface area contributed by atoms with Gasteiger partial charge in [0.15, 0.2) is 0 Å². The molecule has 144 valence electrons. The van der Waals surface area contributed by atoms with Crippen LogP contribution < -0.4 is 10.6 Å². The van der Waals surface area contributed by atoms with Crippen LogP contribution >= 0.6 is 11.6 Å². The van der Waals surface area contributed by atoms with E-state index in [9.17, 15) is 4.79 Å². The Balaban J connectivity index is 1.52. The summed E-state index contributed by atoms with van der Waals surface area (Å²) in [4.78, 5) is 17.0. The van der Waals surface area contributed by atoms with Crippen molar-refractivity contribution in [2.45, 2.75) is 13.5 Å². The van der Waals surface area contributed by atoms with E-state index in [1.165, 1.54) is 0 Å². The van der Waals surface area contributed by atoms with E-state index in [1.807, 2.05) is 79.7 Å². The van der Waals surface area contributed by atoms with E-state index in [0.29, 0.717) is 17.1 Å². The third-order valence-electron chi connectivity index (χ3n) is 4.76. The first-order chi connectivity index (χ1) is 14.1. The van der Waals surface area contributed by atoms with E-state index in [4.69, 9.17) is 11.6 Å². The molecule has 0 bridgehead atoms. The van der Waals surface area contributed by atoms with E-state index >= 15 is 0 Å². The maximum absolute atomic E-state index is 12.6. The number of fused-ring (bicyclic) bond motifs is 1. The number of hydrogen-bond acceptors (Lipinski definition) is 3. The SMILES string of the molecule is Cc1cc(Nc2nccc3ccc(Cl)cc23)ccc1C(=O)NCc1ccccc1. The Labute approximate surface area is 174 Å². The largest absolute Gasteiger partial charge is 0.348 e. The molecule has 0 fully saturated rings. The summed E-state index contributed by atoms with van der Waals surface area (Å²) in [6.07, 6.45) is 1.76. The van der Waals surface area contributed by atoms with Crippen molar-refractivity contribution in [3.8, 4) is 0 Å². The molecule has 4 rings (SSSR count). The smallest absolute Gasteiger partial charge is 0.251 e. The van der Waals surface area contributed by atoms with Crippen LogP contribution in [0.4, 0.5) is 11.5 Å². The van der Waals surface area contributed by atoms with Crippen molar-refractivity contribution in [2.75, 3.05) is 5.32 Å². The normalized spacial score (nSPS) is 10.7. The number of nitrogens with one attached hydrogen (secondary N) is 2. The molecule has 0 saturated carbocycles. The van der Waals surface area contributed by atoms with Crippen LogP contribution in [0.5, 0.6) is 0 Å². The van der Waals surface area contributed by atoms with Crippen molar-refractivity contribution in [1.29, 1.82) is 0 Å². The van der Waals surface area contributed by atoms with E-state index in [0.717, 1.165) is 33.4 Å². The highest BCUT2D eigenvalue weighted by molar-refractivity contribution is 6.31. The lowest BCUT2D eigenvalue weighted by Gasteiger charge is -2.12. The molecule has 3 aromatic carbocycles. The lowest BCUT2D eigenvalue weighted by Crippen LogP contribution is -2.23. The minimum Gasteiger partial charge on any atom is -0.348 e. The summed E-state index contributed by atoms with van der Waals surface area (Å²) in [6.45, 7) is 2.43. The number of halogens is 1. The predicted molar refractivity (Wildman–Crippen MR) is 119 cm³/mol. The standard InChI is InChI=1S/C24H20ClN3O/c1-16-13-20(28-23-22-14-19(25)8-7-18(22)11-12-26-23)9-10-21(16)24(29)27-15-17-5-3-2-4-6-17/h2-14H,15H2,1H3,(H,26,28)(H,27,29). The van der Waals surface area contributed by atoms with Crippen LogP contribution in [-0.2, 0) is 6.54 Å². The highest BCUT2D eigenvalue weighted by atomic mass is 35.5. The summed E-state index contributed by atoms with van der Waals surface area (Å²) < 4.78 is 0. The van der Waals surface area contributed by atoms with Gasteiger partial charge in [0, 0.05) is 34.4 Å². The van der Waals surface area contributed by atoms with Gasteiger partial charge in [-0.15, -0.1) is 0 Å². The summed E-state index contributed by atoms with van der Waals surface area (Å²) in [5.74, 6) is 0.638. The molecule has 0 aliphatic heterocycles. The lowest BCUT2D eigenvalue weighted by molar-refractivity contribution is 0.0950. The van der Waals surface area contributed by atoms with Crippen molar-refractivity contribution in [3.63, 3.8) is 0 Å². The summed E-state index contributed by atoms with van der Waals surface area (Å²) in [6, 6.07) is 23.2. The number of carbonyl (C=O) groups is 1. The van der Waals surface area contributed by atoms with Crippen molar-refractivity contribution < 1.29 is 4.79 Å². The number of nitrogens with zero attached hydrogens (tertiary/aromatic N) is 1. The molecule has 4 aromatic rings. The van der Waals surface area contributed by atoms with Crippen molar-refractivity contribution >= 4 is 39.8 Å². The van der Waals surface area contributed by atoms with Gasteiger partial charge in [-0.05, 0) is 59.8 Å². The number of rotatable bonds is 5. The van der Waals surface area contributed by atoms with Gasteiger partial charge in [0.2, 0.25) is 0 Å². The summed E-state index contributed by atoms with van der Waals surface area (Å²) in [5, 5.41) is 8.97. The molecule has 5 heteroatoms. The second-order valence-electron chi connectivity index (χ2n) is 6.85. The molecular weight excluding hydrogens is 382 g/mol. The number of amides is 1. The molecule has 1 amide bonds. The molecule has 0 spiro atoms. The first kappa shape index (κ1) is 19.0. The molecule has 1 aromatic heterocycles. The fourth-order valence-electron chi connectivity index (χ4n) is 3.25. The van der Waals surface area contributed by atoms with Crippen LogP contribution in [0.1, 0.15) is 21.5 Å². The van der Waals surface area contributed by atoms with E-state index in [2.05, 4.69) is 15.6 Å². The van der Waals surface area contributed by atoms with Gasteiger partial charge < -0.3 is 10.6 Å². The van der Waals surface area contributed by atoms with Gasteiger partial charge in [-0.2, -0.15) is 0 Å². The Morgan fingerprint density at radius 3 is 2.62 bits per heavy atom. The van der Waals surface area contributed by atoms with Gasteiger partial charge in [-0.1, -0.05) is 48.0 Å². The zero-order valence-corrected chi connectivity index (χ0v) is 16.7. The lowest BCUT2D eigenvalue weighted by atomic mass is 10.1. The number of carbonyl (C=O) groups excluding carboxylic acids is 1. The van der Waals surface area contributed by atoms with Gasteiger partial charge in [0.05, 0.1) is 0 Å². The first-order valence-corrected chi connectivity index (χ1v) is 9.72. The monoisotopic (exact) mass is 401 g/mol. The van der Waals surface area contributed by atoms with Gasteiger partial charge in [-0.25, -0.2) is 4.98 Å². The Morgan fingerprint density at radius 2 is 1.83 bits per heavy atom. The number of hydrogen-bond donors (Lipinski definition) is 2. The molecule has 0 unspecified atom stereocenters. The molecule has 0 aliphatic carbocycles. The number of benzene rings is 3. The number of aromatic nitrogens is 1. The van der Waals surface area contributed by atoms with Gasteiger partial charge in [-0.3, -0.25) is 4.79 Å². The van der Waals surface area contributed by atoms with Crippen molar-refractivity contribution in [3.05, 3.63) is 101 Å². The molecule has 0 radical (unpaired) electrons. The number of anilines is 2. The molecule has 4 nitrogen and oxygen atoms in total. The summed E-state index contributed by atoms with van der Waals surface area (Å²) in [5.41, 5.74) is 3.47. The molecule has 29 heavy (non-hydrogen) atoms. The Bertz CT molecular complexity index is 1180. The van der Waals surface area contributed by atoms with Gasteiger partial charge >= 0.3 is 0 Å². The van der Waals surface area contributed by atoms with Crippen LogP contribution in [0.25, 0.3) is 10.8 Å². The Morgan fingerprint density at radius 1 is 1.00 bits per heavy atom. The third kappa shape index (κ3) is 4.39.